The number of nitrogens with zero attached hydrogens (tertiary/aromatic N) is 4. The molecule has 31 heavy (non-hydrogen) atoms. The van der Waals surface area contributed by atoms with E-state index in [0.717, 1.165) is 33.4 Å². The molecule has 0 atom stereocenters. The lowest BCUT2D eigenvalue weighted by Crippen LogP contribution is -2.13. The molecule has 3 heterocycles. The van der Waals surface area contributed by atoms with Gasteiger partial charge in [-0.15, -0.1) is 0 Å². The number of aromatic amines is 1. The van der Waals surface area contributed by atoms with Gasteiger partial charge in [0.05, 0.1) is 12.9 Å². The highest BCUT2D eigenvalue weighted by molar-refractivity contribution is 5.88. The molecule has 5 aromatic rings. The number of aromatic nitrogens is 5. The molecule has 7 heteroatoms. The number of imidazole rings is 1. The summed E-state index contributed by atoms with van der Waals surface area (Å²) in [6, 6.07) is 18.3. The molecule has 2 N–H and O–H groups in total. The Morgan fingerprint density at radius 3 is 2.77 bits per heavy atom. The molecule has 0 unspecified atom stereocenters. The Bertz CT molecular complexity index is 1320. The SMILES string of the molecule is CC(C)n1cnc2c(NCCOc3ccccc3)nc(-c3ccc4[nH]ccc4c3)nc21. The number of benzene rings is 2. The largest absolute Gasteiger partial charge is 0.492 e. The van der Waals surface area contributed by atoms with Gasteiger partial charge in [0.15, 0.2) is 17.3 Å². The van der Waals surface area contributed by atoms with E-state index in [4.69, 9.17) is 14.7 Å². The van der Waals surface area contributed by atoms with Crippen molar-refractivity contribution in [2.45, 2.75) is 19.9 Å². The number of H-pyrrole nitrogens is 1. The standard InChI is InChI=1S/C24H24N6O/c1-16(2)30-15-27-21-23(26-12-13-31-19-6-4-3-5-7-19)28-22(29-24(21)30)18-8-9-20-17(14-18)10-11-25-20/h3-11,14-16,25H,12-13H2,1-2H3,(H,26,28,29). The molecule has 0 aliphatic heterocycles. The number of hydrogen-bond donors (Lipinski definition) is 2. The van der Waals surface area contributed by atoms with E-state index in [9.17, 15) is 0 Å². The van der Waals surface area contributed by atoms with Gasteiger partial charge >= 0.3 is 0 Å². The van der Waals surface area contributed by atoms with Crippen LogP contribution in [0.5, 0.6) is 5.75 Å². The maximum absolute atomic E-state index is 5.80. The Hall–Kier alpha value is -3.87. The van der Waals surface area contributed by atoms with E-state index < -0.39 is 0 Å². The third-order valence-electron chi connectivity index (χ3n) is 5.20. The molecule has 5 rings (SSSR count). The Labute approximate surface area is 180 Å². The smallest absolute Gasteiger partial charge is 0.166 e. The van der Waals surface area contributed by atoms with Crippen LogP contribution in [0.1, 0.15) is 19.9 Å². The van der Waals surface area contributed by atoms with E-state index in [-0.39, 0.29) is 6.04 Å². The Kier molecular flexibility index (Phi) is 5.00. The van der Waals surface area contributed by atoms with Crippen LogP contribution in [0, 0.1) is 0 Å². The van der Waals surface area contributed by atoms with E-state index in [1.54, 1.807) is 0 Å². The van der Waals surface area contributed by atoms with Gasteiger partial charge in [-0.3, -0.25) is 0 Å². The molecule has 0 amide bonds. The zero-order valence-electron chi connectivity index (χ0n) is 17.5. The minimum atomic E-state index is 0.245. The van der Waals surface area contributed by atoms with Gasteiger partial charge < -0.3 is 19.6 Å². The second-order valence-electron chi connectivity index (χ2n) is 7.68. The van der Waals surface area contributed by atoms with Crippen LogP contribution in [0.25, 0.3) is 33.5 Å². The first kappa shape index (κ1) is 19.1. The predicted octanol–water partition coefficient (Wildman–Crippen LogP) is 5.05. The van der Waals surface area contributed by atoms with Crippen molar-refractivity contribution in [1.82, 2.24) is 24.5 Å². The molecular formula is C24H24N6O. The van der Waals surface area contributed by atoms with E-state index in [1.807, 2.05) is 48.9 Å². The highest BCUT2D eigenvalue weighted by Crippen LogP contribution is 2.27. The summed E-state index contributed by atoms with van der Waals surface area (Å²) >= 11 is 0. The van der Waals surface area contributed by atoms with Crippen LogP contribution in [-0.2, 0) is 0 Å². The average molecular weight is 412 g/mol. The maximum Gasteiger partial charge on any atom is 0.166 e. The fourth-order valence-corrected chi connectivity index (χ4v) is 3.59. The minimum Gasteiger partial charge on any atom is -0.492 e. The topological polar surface area (TPSA) is 80.6 Å². The highest BCUT2D eigenvalue weighted by Gasteiger charge is 2.16. The number of para-hydroxylation sites is 1. The van der Waals surface area contributed by atoms with E-state index in [2.05, 4.69) is 51.9 Å². The summed E-state index contributed by atoms with van der Waals surface area (Å²) in [6.07, 6.45) is 3.76. The molecule has 0 aliphatic rings. The second kappa shape index (κ2) is 8.10. The van der Waals surface area contributed by atoms with Gasteiger partial charge in [0.25, 0.3) is 0 Å². The minimum absolute atomic E-state index is 0.245. The third-order valence-corrected chi connectivity index (χ3v) is 5.20. The van der Waals surface area contributed by atoms with Gasteiger partial charge in [-0.25, -0.2) is 15.0 Å². The lowest BCUT2D eigenvalue weighted by Gasteiger charge is -2.12. The summed E-state index contributed by atoms with van der Waals surface area (Å²) in [5.41, 5.74) is 3.64. The molecule has 0 aliphatic carbocycles. The molecule has 3 aromatic heterocycles. The Morgan fingerprint density at radius 2 is 1.94 bits per heavy atom. The first-order valence-corrected chi connectivity index (χ1v) is 10.4. The highest BCUT2D eigenvalue weighted by atomic mass is 16.5. The molecule has 0 saturated heterocycles. The lowest BCUT2D eigenvalue weighted by atomic mass is 10.1. The van der Waals surface area contributed by atoms with Gasteiger partial charge in [0.2, 0.25) is 0 Å². The van der Waals surface area contributed by atoms with Gasteiger partial charge in [-0.1, -0.05) is 18.2 Å². The molecule has 0 bridgehead atoms. The first-order chi connectivity index (χ1) is 15.2. The van der Waals surface area contributed by atoms with Gasteiger partial charge in [-0.2, -0.15) is 0 Å². The van der Waals surface area contributed by atoms with E-state index in [1.165, 1.54) is 0 Å². The predicted molar refractivity (Wildman–Crippen MR) is 123 cm³/mol. The van der Waals surface area contributed by atoms with Crippen LogP contribution in [0.15, 0.2) is 67.1 Å². The van der Waals surface area contributed by atoms with Gasteiger partial charge in [0, 0.05) is 28.7 Å². The average Bonchev–Trinajstić information content (AvgIpc) is 3.43. The van der Waals surface area contributed by atoms with Crippen molar-refractivity contribution < 1.29 is 4.74 Å². The monoisotopic (exact) mass is 412 g/mol. The number of ether oxygens (including phenoxy) is 1. The van der Waals surface area contributed by atoms with Crippen molar-refractivity contribution in [3.05, 3.63) is 67.1 Å². The number of hydrogen-bond acceptors (Lipinski definition) is 5. The summed E-state index contributed by atoms with van der Waals surface area (Å²) in [5.74, 6) is 2.23. The second-order valence-corrected chi connectivity index (χ2v) is 7.68. The van der Waals surface area contributed by atoms with Crippen LogP contribution < -0.4 is 10.1 Å². The van der Waals surface area contributed by atoms with E-state index in [0.29, 0.717) is 24.8 Å². The Balaban J connectivity index is 1.47. The summed E-state index contributed by atoms with van der Waals surface area (Å²) < 4.78 is 7.87. The van der Waals surface area contributed by atoms with Crippen molar-refractivity contribution in [3.8, 4) is 17.1 Å². The zero-order valence-corrected chi connectivity index (χ0v) is 17.5. The molecule has 0 spiro atoms. The summed E-state index contributed by atoms with van der Waals surface area (Å²) in [4.78, 5) is 17.5. The van der Waals surface area contributed by atoms with Gasteiger partial charge in [0.1, 0.15) is 17.9 Å². The van der Waals surface area contributed by atoms with Crippen LogP contribution in [0.3, 0.4) is 0 Å². The fourth-order valence-electron chi connectivity index (χ4n) is 3.59. The van der Waals surface area contributed by atoms with Crippen molar-refractivity contribution >= 4 is 27.9 Å². The van der Waals surface area contributed by atoms with Crippen molar-refractivity contribution in [2.75, 3.05) is 18.5 Å². The Morgan fingerprint density at radius 1 is 1.06 bits per heavy atom. The molecule has 0 radical (unpaired) electrons. The summed E-state index contributed by atoms with van der Waals surface area (Å²) in [6.45, 7) is 5.36. The molecular weight excluding hydrogens is 388 g/mol. The van der Waals surface area contributed by atoms with Crippen molar-refractivity contribution in [3.63, 3.8) is 0 Å². The first-order valence-electron chi connectivity index (χ1n) is 10.4. The maximum atomic E-state index is 5.80. The third kappa shape index (κ3) is 3.82. The zero-order chi connectivity index (χ0) is 21.2. The molecule has 2 aromatic carbocycles. The number of nitrogens with one attached hydrogen (secondary N) is 2. The normalized spacial score (nSPS) is 11.5. The molecule has 0 saturated carbocycles. The summed E-state index contributed by atoms with van der Waals surface area (Å²) in [7, 11) is 0. The van der Waals surface area contributed by atoms with Crippen molar-refractivity contribution in [2.24, 2.45) is 0 Å². The molecule has 7 nitrogen and oxygen atoms in total. The van der Waals surface area contributed by atoms with Gasteiger partial charge in [-0.05, 0) is 50.2 Å². The number of anilines is 1. The number of rotatable bonds is 7. The van der Waals surface area contributed by atoms with Crippen LogP contribution in [0.2, 0.25) is 0 Å². The molecule has 0 fully saturated rings. The van der Waals surface area contributed by atoms with Crippen molar-refractivity contribution in [1.29, 1.82) is 0 Å². The summed E-state index contributed by atoms with van der Waals surface area (Å²) in [5, 5.41) is 4.52. The number of fused-ring (bicyclic) bond motifs is 2. The van der Waals surface area contributed by atoms with E-state index >= 15 is 0 Å². The fraction of sp³-hybridized carbons (Fsp3) is 0.208. The van der Waals surface area contributed by atoms with Crippen LogP contribution >= 0.6 is 0 Å². The van der Waals surface area contributed by atoms with Crippen LogP contribution in [-0.4, -0.2) is 37.7 Å². The molecule has 156 valence electrons. The van der Waals surface area contributed by atoms with Crippen LogP contribution in [0.4, 0.5) is 5.82 Å². The lowest BCUT2D eigenvalue weighted by molar-refractivity contribution is 0.333. The quantitative estimate of drug-likeness (QED) is 0.366.